The predicted molar refractivity (Wildman–Crippen MR) is 170 cm³/mol. The molecule has 48 heavy (non-hydrogen) atoms. The van der Waals surface area contributed by atoms with Crippen molar-refractivity contribution < 1.29 is 54.4 Å². The van der Waals surface area contributed by atoms with Crippen LogP contribution >= 0.6 is 0 Å². The highest BCUT2D eigenvalue weighted by atomic mass is 16.7. The van der Waals surface area contributed by atoms with E-state index in [1.54, 1.807) is 12.1 Å². The standard InChI is InChI=1S/C33H31N3O12/c34-32(35)36-13-33(45)28(41)27(30(43)44)48-31(29(33)42)47-23-12-22-24(26(40)25(23)39)20(38)11-21(46-22)18-8-7-17(37)10-19(18)16-6-5-14-3-1-2-4-15(14)9-16/h1-4,7-12,27-29,31,37,39-42,45H,5-6,13H2,(H,43,44)(H4,34,35,36). The lowest BCUT2D eigenvalue weighted by Crippen LogP contribution is -2.70. The van der Waals surface area contributed by atoms with Gasteiger partial charge in [0, 0.05) is 17.7 Å². The quantitative estimate of drug-likeness (QED) is 0.0759. The Morgan fingerprint density at radius 1 is 0.979 bits per heavy atom. The van der Waals surface area contributed by atoms with E-state index in [0.29, 0.717) is 17.5 Å². The molecule has 1 aliphatic heterocycles. The molecule has 15 heteroatoms. The molecule has 0 bridgehead atoms. The van der Waals surface area contributed by atoms with Gasteiger partial charge < -0.3 is 61.1 Å². The first-order valence-electron chi connectivity index (χ1n) is 14.6. The van der Waals surface area contributed by atoms with E-state index in [1.165, 1.54) is 6.07 Å². The number of carbonyl (C=O) groups is 1. The molecule has 0 spiro atoms. The van der Waals surface area contributed by atoms with Crippen LogP contribution < -0.4 is 21.6 Å². The zero-order valence-corrected chi connectivity index (χ0v) is 25.0. The second kappa shape index (κ2) is 12.2. The molecule has 6 rings (SSSR count). The molecule has 1 saturated heterocycles. The summed E-state index contributed by atoms with van der Waals surface area (Å²) in [4.78, 5) is 28.7. The summed E-state index contributed by atoms with van der Waals surface area (Å²) in [6.07, 6.45) is -5.35. The van der Waals surface area contributed by atoms with Crippen LogP contribution in [0.15, 0.2) is 68.8 Å². The number of guanidine groups is 1. The fraction of sp³-hybridized carbons (Fsp3) is 0.242. The molecule has 1 aliphatic carbocycles. The summed E-state index contributed by atoms with van der Waals surface area (Å²) >= 11 is 0. The maximum absolute atomic E-state index is 13.3. The van der Waals surface area contributed by atoms with E-state index >= 15 is 0 Å². The Bertz CT molecular complexity index is 2050. The molecule has 250 valence electrons. The van der Waals surface area contributed by atoms with Crippen molar-refractivity contribution in [2.24, 2.45) is 16.5 Å². The van der Waals surface area contributed by atoms with Gasteiger partial charge in [-0.3, -0.25) is 9.79 Å². The molecule has 1 fully saturated rings. The van der Waals surface area contributed by atoms with Crippen molar-refractivity contribution >= 4 is 34.5 Å². The van der Waals surface area contributed by atoms with Gasteiger partial charge in [-0.15, -0.1) is 0 Å². The zero-order chi connectivity index (χ0) is 34.5. The van der Waals surface area contributed by atoms with Crippen molar-refractivity contribution in [2.75, 3.05) is 6.54 Å². The number of aliphatic hydroxyl groups is 3. The van der Waals surface area contributed by atoms with Crippen LogP contribution in [0.25, 0.3) is 33.9 Å². The number of aliphatic hydroxyl groups excluding tert-OH is 2. The van der Waals surface area contributed by atoms with Crippen LogP contribution in [0.2, 0.25) is 0 Å². The van der Waals surface area contributed by atoms with Gasteiger partial charge in [0.25, 0.3) is 0 Å². The minimum atomic E-state index is -2.71. The Hall–Kier alpha value is -5.61. The normalized spacial score (nSPS) is 23.6. The number of aliphatic imine (C=N–C) groups is 1. The van der Waals surface area contributed by atoms with Crippen LogP contribution in [-0.2, 0) is 16.0 Å². The molecule has 0 radical (unpaired) electrons. The Morgan fingerprint density at radius 3 is 2.46 bits per heavy atom. The zero-order valence-electron chi connectivity index (χ0n) is 25.0. The summed E-state index contributed by atoms with van der Waals surface area (Å²) < 4.78 is 16.8. The summed E-state index contributed by atoms with van der Waals surface area (Å²) in [5.74, 6) is -4.88. The molecule has 3 aromatic carbocycles. The number of hydrogen-bond acceptors (Lipinski definition) is 12. The third-order valence-electron chi connectivity index (χ3n) is 8.45. The number of nitrogens with zero attached hydrogens (tertiary/aromatic N) is 1. The van der Waals surface area contributed by atoms with Crippen molar-refractivity contribution in [1.29, 1.82) is 0 Å². The second-order valence-electron chi connectivity index (χ2n) is 11.5. The van der Waals surface area contributed by atoms with Crippen molar-refractivity contribution in [3.05, 3.63) is 81.5 Å². The number of phenolic OH excluding ortho intramolecular Hbond substituents is 3. The van der Waals surface area contributed by atoms with Crippen LogP contribution in [-0.4, -0.2) is 84.4 Å². The summed E-state index contributed by atoms with van der Waals surface area (Å²) in [6.45, 7) is -0.866. The minimum Gasteiger partial charge on any atom is -0.508 e. The van der Waals surface area contributed by atoms with Crippen molar-refractivity contribution in [2.45, 2.75) is 43.0 Å². The topological polar surface area (TPSA) is 272 Å². The first kappa shape index (κ1) is 32.3. The maximum Gasteiger partial charge on any atom is 0.335 e. The molecular formula is C33H31N3O12. The molecule has 2 heterocycles. The molecule has 2 aliphatic rings. The Kier molecular flexibility index (Phi) is 8.22. The minimum absolute atomic E-state index is 0.0227. The smallest absolute Gasteiger partial charge is 0.335 e. The van der Waals surface area contributed by atoms with Crippen LogP contribution in [0.3, 0.4) is 0 Å². The van der Waals surface area contributed by atoms with Gasteiger partial charge in [-0.1, -0.05) is 30.3 Å². The number of benzene rings is 3. The van der Waals surface area contributed by atoms with Crippen molar-refractivity contribution in [3.8, 4) is 34.3 Å². The molecule has 15 nitrogen and oxygen atoms in total. The number of carboxylic acid groups (broad SMARTS) is 1. The number of aryl methyl sites for hydroxylation is 1. The number of hydrogen-bond donors (Lipinski definition) is 9. The van der Waals surface area contributed by atoms with Crippen LogP contribution in [0, 0.1) is 0 Å². The highest BCUT2D eigenvalue weighted by Crippen LogP contribution is 2.44. The highest BCUT2D eigenvalue weighted by Gasteiger charge is 2.58. The van der Waals surface area contributed by atoms with Gasteiger partial charge in [-0.05, 0) is 53.3 Å². The van der Waals surface area contributed by atoms with Crippen LogP contribution in [0.4, 0.5) is 0 Å². The van der Waals surface area contributed by atoms with E-state index in [4.69, 9.17) is 25.4 Å². The molecule has 0 saturated carbocycles. The van der Waals surface area contributed by atoms with Gasteiger partial charge >= 0.3 is 5.97 Å². The average molecular weight is 662 g/mol. The van der Waals surface area contributed by atoms with Gasteiger partial charge in [0.1, 0.15) is 40.3 Å². The first-order valence-corrected chi connectivity index (χ1v) is 14.6. The summed E-state index contributed by atoms with van der Waals surface area (Å²) in [7, 11) is 0. The largest absolute Gasteiger partial charge is 0.508 e. The lowest BCUT2D eigenvalue weighted by atomic mass is 9.84. The van der Waals surface area contributed by atoms with E-state index in [2.05, 4.69) is 4.99 Å². The second-order valence-corrected chi connectivity index (χ2v) is 11.5. The molecule has 0 amide bonds. The number of rotatable bonds is 7. The van der Waals surface area contributed by atoms with Crippen molar-refractivity contribution in [3.63, 3.8) is 0 Å². The van der Waals surface area contributed by atoms with Crippen molar-refractivity contribution in [1.82, 2.24) is 0 Å². The number of aliphatic carboxylic acids is 1. The van der Waals surface area contributed by atoms with E-state index < -0.39 is 76.7 Å². The van der Waals surface area contributed by atoms with E-state index in [-0.39, 0.29) is 17.1 Å². The maximum atomic E-state index is 13.3. The molecule has 4 aromatic rings. The third kappa shape index (κ3) is 5.64. The highest BCUT2D eigenvalue weighted by molar-refractivity contribution is 5.93. The monoisotopic (exact) mass is 661 g/mol. The number of fused-ring (bicyclic) bond motifs is 2. The Labute approximate surface area is 270 Å². The molecule has 11 N–H and O–H groups in total. The third-order valence-corrected chi connectivity index (χ3v) is 8.45. The van der Waals surface area contributed by atoms with Crippen LogP contribution in [0.1, 0.15) is 23.1 Å². The lowest BCUT2D eigenvalue weighted by Gasteiger charge is -2.45. The van der Waals surface area contributed by atoms with Crippen LogP contribution in [0.5, 0.6) is 23.0 Å². The van der Waals surface area contributed by atoms with Gasteiger partial charge in [-0.2, -0.15) is 0 Å². The number of aromatic hydroxyl groups is 3. The van der Waals surface area contributed by atoms with E-state index in [1.807, 2.05) is 30.3 Å². The van der Waals surface area contributed by atoms with E-state index in [9.17, 15) is 45.3 Å². The average Bonchev–Trinajstić information content (AvgIpc) is 3.05. The van der Waals surface area contributed by atoms with Gasteiger partial charge in [0.2, 0.25) is 12.0 Å². The first-order chi connectivity index (χ1) is 22.8. The summed E-state index contributed by atoms with van der Waals surface area (Å²) in [5.41, 5.74) is 10.9. The molecule has 5 unspecified atom stereocenters. The number of allylic oxidation sites excluding steroid dienone is 1. The lowest BCUT2D eigenvalue weighted by molar-refractivity contribution is -0.303. The predicted octanol–water partition coefficient (Wildman–Crippen LogP) is 0.978. The number of ether oxygens (including phenoxy) is 2. The number of carboxylic acids is 1. The molecular weight excluding hydrogens is 630 g/mol. The Morgan fingerprint density at radius 2 is 1.73 bits per heavy atom. The molecule has 1 aromatic heterocycles. The fourth-order valence-corrected chi connectivity index (χ4v) is 5.93. The molecule has 5 atom stereocenters. The Balaban J connectivity index is 1.43. The number of phenols is 3. The van der Waals surface area contributed by atoms with Gasteiger partial charge in [0.05, 0.1) is 6.54 Å². The summed E-state index contributed by atoms with van der Waals surface area (Å²) in [6, 6.07) is 14.5. The van der Waals surface area contributed by atoms with Gasteiger partial charge in [0.15, 0.2) is 29.0 Å². The summed E-state index contributed by atoms with van der Waals surface area (Å²) in [5, 5.41) is 73.7. The van der Waals surface area contributed by atoms with E-state index in [0.717, 1.165) is 35.3 Å². The fourth-order valence-electron chi connectivity index (χ4n) is 5.93. The SMILES string of the molecule is NC(N)=NCC1(O)C(O)C(Oc2cc3oc(-c4ccc(O)cc4C4=Cc5ccccc5CC4)cc(=O)c3c(O)c2O)OC(C(=O)O)C1O. The van der Waals surface area contributed by atoms with Gasteiger partial charge in [-0.25, -0.2) is 4.79 Å². The number of nitrogens with two attached hydrogens (primary N) is 2.